The second-order valence-corrected chi connectivity index (χ2v) is 5.12. The van der Waals surface area contributed by atoms with Crippen molar-refractivity contribution in [1.29, 1.82) is 0 Å². The van der Waals surface area contributed by atoms with Crippen molar-refractivity contribution in [2.45, 2.75) is 48.0 Å². The number of carbonyl (C=O) groups is 2. The van der Waals surface area contributed by atoms with Gasteiger partial charge >= 0.3 is 12.1 Å². The van der Waals surface area contributed by atoms with Crippen LogP contribution in [0.3, 0.4) is 0 Å². The molecule has 0 N–H and O–H groups in total. The van der Waals surface area contributed by atoms with Crippen LogP contribution in [0.25, 0.3) is 0 Å². The van der Waals surface area contributed by atoms with Crippen LogP contribution in [0.15, 0.2) is 0 Å². The van der Waals surface area contributed by atoms with Crippen molar-refractivity contribution in [3.63, 3.8) is 0 Å². The van der Waals surface area contributed by atoms with Crippen LogP contribution < -0.4 is 0 Å². The maximum absolute atomic E-state index is 12.1. The first-order valence-electron chi connectivity index (χ1n) is 7.10. The second-order valence-electron chi connectivity index (χ2n) is 5.12. The van der Waals surface area contributed by atoms with E-state index >= 15 is 0 Å². The molecule has 0 aliphatic heterocycles. The number of carbonyl (C=O) groups excluding carboxylic acids is 2. The quantitative estimate of drug-likeness (QED) is 0.468. The SMILES string of the molecule is CCCOC(=O)OOOC(=O)c1c(C)c(C)c(C)c(C)c1C. The number of ether oxygens (including phenoxy) is 1. The van der Waals surface area contributed by atoms with Crippen LogP contribution in [0.4, 0.5) is 4.79 Å². The average molecular weight is 310 g/mol. The molecule has 0 amide bonds. The minimum atomic E-state index is -1.06. The average Bonchev–Trinajstić information content (AvgIpc) is 2.49. The minimum Gasteiger partial charge on any atom is -0.432 e. The molecule has 0 fully saturated rings. The van der Waals surface area contributed by atoms with E-state index in [1.165, 1.54) is 0 Å². The molecule has 0 aliphatic carbocycles. The minimum absolute atomic E-state index is 0.199. The fraction of sp³-hybridized carbons (Fsp3) is 0.500. The molecule has 1 aromatic carbocycles. The van der Waals surface area contributed by atoms with Gasteiger partial charge in [0, 0.05) is 0 Å². The van der Waals surface area contributed by atoms with Gasteiger partial charge in [-0.05, 0) is 68.9 Å². The van der Waals surface area contributed by atoms with Gasteiger partial charge in [0.1, 0.15) is 0 Å². The van der Waals surface area contributed by atoms with E-state index in [1.807, 2.05) is 41.5 Å². The highest BCUT2D eigenvalue weighted by Crippen LogP contribution is 2.26. The van der Waals surface area contributed by atoms with Crippen molar-refractivity contribution in [2.24, 2.45) is 0 Å². The zero-order chi connectivity index (χ0) is 16.9. The van der Waals surface area contributed by atoms with Gasteiger partial charge in [-0.15, -0.1) is 0 Å². The lowest BCUT2D eigenvalue weighted by Crippen LogP contribution is -2.15. The number of benzene rings is 1. The van der Waals surface area contributed by atoms with E-state index in [0.717, 1.165) is 27.8 Å². The van der Waals surface area contributed by atoms with Crippen molar-refractivity contribution in [3.05, 3.63) is 33.4 Å². The molecule has 1 rings (SSSR count). The summed E-state index contributed by atoms with van der Waals surface area (Å²) in [5.74, 6) is -0.718. The van der Waals surface area contributed by atoms with Gasteiger partial charge in [-0.25, -0.2) is 14.5 Å². The first-order valence-corrected chi connectivity index (χ1v) is 7.10. The fourth-order valence-corrected chi connectivity index (χ4v) is 2.13. The molecule has 6 heteroatoms. The molecule has 0 saturated heterocycles. The summed E-state index contributed by atoms with van der Waals surface area (Å²) in [5, 5.41) is 4.20. The summed E-state index contributed by atoms with van der Waals surface area (Å²) < 4.78 is 4.60. The van der Waals surface area contributed by atoms with Gasteiger partial charge in [-0.2, -0.15) is 0 Å². The normalized spacial score (nSPS) is 10.3. The van der Waals surface area contributed by atoms with Crippen molar-refractivity contribution < 1.29 is 29.1 Å². The molecule has 0 unspecified atom stereocenters. The van der Waals surface area contributed by atoms with Gasteiger partial charge in [0.25, 0.3) is 0 Å². The molecule has 0 aromatic heterocycles. The van der Waals surface area contributed by atoms with E-state index in [2.05, 4.69) is 19.6 Å². The Labute approximate surface area is 130 Å². The predicted octanol–water partition coefficient (Wildman–Crippen LogP) is 3.80. The lowest BCUT2D eigenvalue weighted by atomic mass is 9.90. The predicted molar refractivity (Wildman–Crippen MR) is 79.4 cm³/mol. The highest BCUT2D eigenvalue weighted by molar-refractivity contribution is 5.93. The summed E-state index contributed by atoms with van der Waals surface area (Å²) >= 11 is 0. The summed E-state index contributed by atoms with van der Waals surface area (Å²) in [4.78, 5) is 31.9. The first kappa shape index (κ1) is 18.0. The molecule has 0 aliphatic rings. The standard InChI is InChI=1S/C16H22O6/c1-7-8-19-16(18)21-22-20-15(17)14-12(5)10(3)9(2)11(4)13(14)6/h7-8H2,1-6H3. The molecule has 0 spiro atoms. The summed E-state index contributed by atoms with van der Waals surface area (Å²) in [6.45, 7) is 11.6. The molecular formula is C16H22O6. The zero-order valence-electron chi connectivity index (χ0n) is 13.9. The monoisotopic (exact) mass is 310 g/mol. The van der Waals surface area contributed by atoms with Crippen molar-refractivity contribution in [2.75, 3.05) is 6.61 Å². The molecule has 0 atom stereocenters. The topological polar surface area (TPSA) is 71.1 Å². The Morgan fingerprint density at radius 2 is 1.32 bits per heavy atom. The summed E-state index contributed by atoms with van der Waals surface area (Å²) in [7, 11) is 0. The Morgan fingerprint density at radius 1 is 0.818 bits per heavy atom. The van der Waals surface area contributed by atoms with Crippen molar-refractivity contribution in [1.82, 2.24) is 0 Å². The lowest BCUT2D eigenvalue weighted by molar-refractivity contribution is -0.452. The lowest BCUT2D eigenvalue weighted by Gasteiger charge is -2.16. The van der Waals surface area contributed by atoms with E-state index in [0.29, 0.717) is 12.0 Å². The van der Waals surface area contributed by atoms with Gasteiger partial charge in [0.05, 0.1) is 17.2 Å². The van der Waals surface area contributed by atoms with E-state index in [9.17, 15) is 9.59 Å². The van der Waals surface area contributed by atoms with Crippen LogP contribution in [-0.2, 0) is 19.6 Å². The summed E-state index contributed by atoms with van der Waals surface area (Å²) in [5.41, 5.74) is 5.18. The third-order valence-corrected chi connectivity index (χ3v) is 3.84. The Kier molecular flexibility index (Phi) is 6.37. The Balaban J connectivity index is 2.77. The van der Waals surface area contributed by atoms with Crippen LogP contribution in [0, 0.1) is 34.6 Å². The zero-order valence-corrected chi connectivity index (χ0v) is 13.9. The molecule has 0 saturated carbocycles. The first-order chi connectivity index (χ1) is 10.3. The van der Waals surface area contributed by atoms with Crippen LogP contribution in [-0.4, -0.2) is 18.7 Å². The molecule has 22 heavy (non-hydrogen) atoms. The van der Waals surface area contributed by atoms with E-state index in [1.54, 1.807) is 0 Å². The molecule has 1 aromatic rings. The third-order valence-electron chi connectivity index (χ3n) is 3.84. The van der Waals surface area contributed by atoms with Crippen LogP contribution in [0.1, 0.15) is 51.5 Å². The van der Waals surface area contributed by atoms with Gasteiger partial charge in [0.2, 0.25) is 0 Å². The van der Waals surface area contributed by atoms with Gasteiger partial charge in [-0.1, -0.05) is 6.92 Å². The van der Waals surface area contributed by atoms with Crippen LogP contribution in [0.2, 0.25) is 0 Å². The third kappa shape index (κ3) is 3.98. The Morgan fingerprint density at radius 3 is 1.82 bits per heavy atom. The van der Waals surface area contributed by atoms with Crippen LogP contribution in [0.5, 0.6) is 0 Å². The fourth-order valence-electron chi connectivity index (χ4n) is 2.13. The number of hydrogen-bond donors (Lipinski definition) is 0. The molecular weight excluding hydrogens is 288 g/mol. The van der Waals surface area contributed by atoms with Crippen molar-refractivity contribution >= 4 is 12.1 Å². The Bertz CT molecular complexity index is 547. The van der Waals surface area contributed by atoms with E-state index in [-0.39, 0.29) is 6.61 Å². The van der Waals surface area contributed by atoms with Gasteiger partial charge in [0.15, 0.2) is 0 Å². The smallest absolute Gasteiger partial charge is 0.432 e. The highest BCUT2D eigenvalue weighted by atomic mass is 17.5. The highest BCUT2D eigenvalue weighted by Gasteiger charge is 2.21. The maximum atomic E-state index is 12.1. The largest absolute Gasteiger partial charge is 0.543 e. The molecule has 0 heterocycles. The van der Waals surface area contributed by atoms with Gasteiger partial charge < -0.3 is 4.74 Å². The van der Waals surface area contributed by atoms with E-state index in [4.69, 9.17) is 0 Å². The molecule has 122 valence electrons. The number of rotatable bonds is 5. The molecule has 0 radical (unpaired) electrons. The molecule has 6 nitrogen and oxygen atoms in total. The number of hydrogen-bond acceptors (Lipinski definition) is 6. The van der Waals surface area contributed by atoms with Crippen molar-refractivity contribution in [3.8, 4) is 0 Å². The van der Waals surface area contributed by atoms with E-state index < -0.39 is 12.1 Å². The summed E-state index contributed by atoms with van der Waals surface area (Å²) in [6.07, 6.45) is -0.408. The summed E-state index contributed by atoms with van der Waals surface area (Å²) in [6, 6.07) is 0. The second kappa shape index (κ2) is 7.79. The Hall–Kier alpha value is -2.08. The van der Waals surface area contributed by atoms with Gasteiger partial charge in [-0.3, -0.25) is 4.89 Å². The molecule has 0 bridgehead atoms. The van der Waals surface area contributed by atoms with Crippen LogP contribution >= 0.6 is 0 Å². The maximum Gasteiger partial charge on any atom is 0.543 e.